The molecule has 3 nitrogen and oxygen atoms in total. The molecule has 0 aromatic rings. The molecule has 0 amide bonds. The lowest BCUT2D eigenvalue weighted by Crippen LogP contribution is -2.10. The molecule has 0 aliphatic rings. The first-order valence-electron chi connectivity index (χ1n) is 5.44. The number of halogens is 1. The Bertz CT molecular complexity index is 192. The third-order valence-electron chi connectivity index (χ3n) is 1.99. The standard InChI is InChI=1S/C11H19BrO3/c1-2-15-11(14)9-10(13)7-5-3-4-6-8-12/h2-9H2,1H3. The Balaban J connectivity index is 3.37. The minimum absolute atomic E-state index is 0.00714. The first-order chi connectivity index (χ1) is 7.20. The minimum Gasteiger partial charge on any atom is -0.466 e. The summed E-state index contributed by atoms with van der Waals surface area (Å²) >= 11 is 3.35. The van der Waals surface area contributed by atoms with E-state index in [0.717, 1.165) is 31.0 Å². The van der Waals surface area contributed by atoms with Crippen molar-refractivity contribution in [3.05, 3.63) is 0 Å². The smallest absolute Gasteiger partial charge is 0.313 e. The number of carbonyl (C=O) groups excluding carboxylic acids is 2. The normalized spacial score (nSPS) is 10.0. The van der Waals surface area contributed by atoms with Crippen LogP contribution in [0.4, 0.5) is 0 Å². The molecule has 0 spiro atoms. The van der Waals surface area contributed by atoms with Gasteiger partial charge in [-0.05, 0) is 19.8 Å². The number of unbranched alkanes of at least 4 members (excludes halogenated alkanes) is 3. The molecule has 0 aliphatic carbocycles. The molecule has 15 heavy (non-hydrogen) atoms. The van der Waals surface area contributed by atoms with E-state index in [2.05, 4.69) is 15.9 Å². The van der Waals surface area contributed by atoms with Crippen molar-refractivity contribution in [3.63, 3.8) is 0 Å². The zero-order valence-electron chi connectivity index (χ0n) is 9.26. The summed E-state index contributed by atoms with van der Waals surface area (Å²) in [5, 5.41) is 1.02. The highest BCUT2D eigenvalue weighted by Gasteiger charge is 2.09. The zero-order valence-corrected chi connectivity index (χ0v) is 10.8. The van der Waals surface area contributed by atoms with Crippen LogP contribution in [-0.2, 0) is 14.3 Å². The number of hydrogen-bond acceptors (Lipinski definition) is 3. The van der Waals surface area contributed by atoms with Gasteiger partial charge in [0.2, 0.25) is 0 Å². The van der Waals surface area contributed by atoms with Crippen molar-refractivity contribution in [3.8, 4) is 0 Å². The molecule has 0 unspecified atom stereocenters. The van der Waals surface area contributed by atoms with Gasteiger partial charge in [0.1, 0.15) is 12.2 Å². The Hall–Kier alpha value is -0.380. The number of carbonyl (C=O) groups is 2. The minimum atomic E-state index is -0.400. The summed E-state index contributed by atoms with van der Waals surface area (Å²) in [5.41, 5.74) is 0. The second-order valence-electron chi connectivity index (χ2n) is 3.37. The summed E-state index contributed by atoms with van der Waals surface area (Å²) in [7, 11) is 0. The summed E-state index contributed by atoms with van der Waals surface area (Å²) in [5.74, 6) is -0.407. The van der Waals surface area contributed by atoms with Crippen LogP contribution < -0.4 is 0 Å². The van der Waals surface area contributed by atoms with Gasteiger partial charge in [-0.15, -0.1) is 0 Å². The summed E-state index contributed by atoms with van der Waals surface area (Å²) in [6.45, 7) is 2.08. The number of Topliss-reactive ketones (excluding diaryl/α,β-unsaturated/α-hetero) is 1. The Morgan fingerprint density at radius 3 is 2.40 bits per heavy atom. The molecule has 0 aromatic heterocycles. The number of rotatable bonds is 9. The topological polar surface area (TPSA) is 43.4 Å². The van der Waals surface area contributed by atoms with Gasteiger partial charge >= 0.3 is 5.97 Å². The van der Waals surface area contributed by atoms with Crippen molar-refractivity contribution in [2.45, 2.75) is 45.4 Å². The average Bonchev–Trinajstić information content (AvgIpc) is 2.17. The Kier molecular flexibility index (Phi) is 9.89. The van der Waals surface area contributed by atoms with Gasteiger partial charge in [0.05, 0.1) is 6.61 Å². The monoisotopic (exact) mass is 278 g/mol. The quantitative estimate of drug-likeness (QED) is 0.282. The van der Waals surface area contributed by atoms with Gasteiger partial charge in [0.15, 0.2) is 0 Å². The molecule has 0 radical (unpaired) electrons. The summed E-state index contributed by atoms with van der Waals surface area (Å²) < 4.78 is 4.69. The molecule has 0 aromatic carbocycles. The lowest BCUT2D eigenvalue weighted by molar-refractivity contribution is -0.145. The van der Waals surface area contributed by atoms with Gasteiger partial charge in [0, 0.05) is 11.8 Å². The fourth-order valence-corrected chi connectivity index (χ4v) is 1.63. The molecular weight excluding hydrogens is 260 g/mol. The van der Waals surface area contributed by atoms with Crippen LogP contribution in [0.2, 0.25) is 0 Å². The van der Waals surface area contributed by atoms with Crippen LogP contribution in [0.1, 0.15) is 45.4 Å². The summed E-state index contributed by atoms with van der Waals surface area (Å²) in [6.07, 6.45) is 4.66. The van der Waals surface area contributed by atoms with Gasteiger partial charge < -0.3 is 4.74 Å². The van der Waals surface area contributed by atoms with Crippen molar-refractivity contribution in [2.75, 3.05) is 11.9 Å². The third-order valence-corrected chi connectivity index (χ3v) is 2.55. The van der Waals surface area contributed by atoms with Crippen LogP contribution in [0.25, 0.3) is 0 Å². The fourth-order valence-electron chi connectivity index (χ4n) is 1.23. The Labute approximate surface area is 99.7 Å². The lowest BCUT2D eigenvalue weighted by atomic mass is 10.1. The van der Waals surface area contributed by atoms with Crippen LogP contribution in [0.3, 0.4) is 0 Å². The van der Waals surface area contributed by atoms with Gasteiger partial charge in [-0.1, -0.05) is 28.8 Å². The molecule has 0 fully saturated rings. The van der Waals surface area contributed by atoms with Gasteiger partial charge in [-0.25, -0.2) is 0 Å². The summed E-state index contributed by atoms with van der Waals surface area (Å²) in [6, 6.07) is 0. The number of hydrogen-bond donors (Lipinski definition) is 0. The third kappa shape index (κ3) is 9.91. The number of ketones is 1. The second kappa shape index (κ2) is 10.1. The zero-order chi connectivity index (χ0) is 11.5. The Morgan fingerprint density at radius 1 is 1.13 bits per heavy atom. The van der Waals surface area contributed by atoms with E-state index in [-0.39, 0.29) is 12.2 Å². The van der Waals surface area contributed by atoms with Crippen LogP contribution in [0.5, 0.6) is 0 Å². The summed E-state index contributed by atoms with van der Waals surface area (Å²) in [4.78, 5) is 22.2. The van der Waals surface area contributed by atoms with E-state index in [4.69, 9.17) is 4.74 Å². The first-order valence-corrected chi connectivity index (χ1v) is 6.56. The van der Waals surface area contributed by atoms with E-state index in [9.17, 15) is 9.59 Å². The predicted octanol–water partition coefficient (Wildman–Crippen LogP) is 2.85. The average molecular weight is 279 g/mol. The predicted molar refractivity (Wildman–Crippen MR) is 63.1 cm³/mol. The lowest BCUT2D eigenvalue weighted by Gasteiger charge is -2.01. The van der Waals surface area contributed by atoms with Crippen molar-refractivity contribution >= 4 is 27.7 Å². The molecule has 0 atom stereocenters. The highest BCUT2D eigenvalue weighted by Crippen LogP contribution is 2.06. The molecule has 0 aliphatic heterocycles. The molecule has 0 heterocycles. The Morgan fingerprint density at radius 2 is 1.80 bits per heavy atom. The van der Waals surface area contributed by atoms with E-state index in [1.807, 2.05) is 0 Å². The van der Waals surface area contributed by atoms with E-state index in [1.165, 1.54) is 0 Å². The van der Waals surface area contributed by atoms with Crippen LogP contribution in [-0.4, -0.2) is 23.7 Å². The molecule has 0 rings (SSSR count). The van der Waals surface area contributed by atoms with Crippen molar-refractivity contribution in [1.29, 1.82) is 0 Å². The SMILES string of the molecule is CCOC(=O)CC(=O)CCCCCCBr. The van der Waals surface area contributed by atoms with Crippen molar-refractivity contribution < 1.29 is 14.3 Å². The molecular formula is C11H19BrO3. The maximum absolute atomic E-state index is 11.3. The van der Waals surface area contributed by atoms with Gasteiger partial charge in [-0.2, -0.15) is 0 Å². The van der Waals surface area contributed by atoms with E-state index in [1.54, 1.807) is 6.92 Å². The van der Waals surface area contributed by atoms with Crippen molar-refractivity contribution in [1.82, 2.24) is 0 Å². The van der Waals surface area contributed by atoms with E-state index < -0.39 is 5.97 Å². The maximum atomic E-state index is 11.3. The first kappa shape index (κ1) is 14.6. The fraction of sp³-hybridized carbons (Fsp3) is 0.818. The number of ether oxygens (including phenoxy) is 1. The highest BCUT2D eigenvalue weighted by atomic mass is 79.9. The highest BCUT2D eigenvalue weighted by molar-refractivity contribution is 9.09. The molecule has 4 heteroatoms. The molecule has 88 valence electrons. The van der Waals surface area contributed by atoms with Gasteiger partial charge in [0.25, 0.3) is 0 Å². The van der Waals surface area contributed by atoms with Crippen LogP contribution in [0.15, 0.2) is 0 Å². The van der Waals surface area contributed by atoms with Crippen LogP contribution >= 0.6 is 15.9 Å². The van der Waals surface area contributed by atoms with E-state index in [0.29, 0.717) is 13.0 Å². The van der Waals surface area contributed by atoms with E-state index >= 15 is 0 Å². The maximum Gasteiger partial charge on any atom is 0.313 e. The van der Waals surface area contributed by atoms with Crippen molar-refractivity contribution in [2.24, 2.45) is 0 Å². The molecule has 0 saturated carbocycles. The molecule has 0 saturated heterocycles. The van der Waals surface area contributed by atoms with Crippen LogP contribution in [0, 0.1) is 0 Å². The largest absolute Gasteiger partial charge is 0.466 e. The van der Waals surface area contributed by atoms with Gasteiger partial charge in [-0.3, -0.25) is 9.59 Å². The molecule has 0 bridgehead atoms. The number of alkyl halides is 1. The molecule has 0 N–H and O–H groups in total. The number of esters is 1. The second-order valence-corrected chi connectivity index (χ2v) is 4.17.